The van der Waals surface area contributed by atoms with Crippen molar-refractivity contribution in [2.45, 2.75) is 13.0 Å². The Labute approximate surface area is 102 Å². The molecule has 90 valence electrons. The zero-order valence-electron chi connectivity index (χ0n) is 9.87. The maximum Gasteiger partial charge on any atom is 0.0479 e. The molecule has 4 heteroatoms. The summed E-state index contributed by atoms with van der Waals surface area (Å²) < 4.78 is 5.03. The molecule has 0 amide bonds. The van der Waals surface area contributed by atoms with Crippen LogP contribution in [0.1, 0.15) is 12.0 Å². The van der Waals surface area contributed by atoms with E-state index in [4.69, 9.17) is 22.1 Å². The highest BCUT2D eigenvalue weighted by molar-refractivity contribution is 6.31. The topological polar surface area (TPSA) is 38.5 Å². The van der Waals surface area contributed by atoms with Crippen molar-refractivity contribution in [2.24, 2.45) is 5.73 Å². The molecule has 0 heterocycles. The van der Waals surface area contributed by atoms with Gasteiger partial charge in [0.25, 0.3) is 0 Å². The molecule has 0 aromatic heterocycles. The van der Waals surface area contributed by atoms with E-state index in [0.717, 1.165) is 35.8 Å². The molecule has 0 aliphatic heterocycles. The van der Waals surface area contributed by atoms with Crippen LogP contribution >= 0.6 is 11.6 Å². The van der Waals surface area contributed by atoms with Crippen molar-refractivity contribution in [3.05, 3.63) is 28.8 Å². The van der Waals surface area contributed by atoms with Crippen LogP contribution < -0.4 is 10.6 Å². The molecular weight excluding hydrogens is 224 g/mol. The van der Waals surface area contributed by atoms with Crippen molar-refractivity contribution < 1.29 is 4.74 Å². The van der Waals surface area contributed by atoms with E-state index in [1.165, 1.54) is 0 Å². The van der Waals surface area contributed by atoms with E-state index >= 15 is 0 Å². The van der Waals surface area contributed by atoms with Crippen LogP contribution in [0, 0.1) is 0 Å². The molecule has 0 spiro atoms. The predicted molar refractivity (Wildman–Crippen MR) is 69.1 cm³/mol. The van der Waals surface area contributed by atoms with Crippen LogP contribution in [-0.2, 0) is 11.3 Å². The number of nitrogens with zero attached hydrogens (tertiary/aromatic N) is 1. The molecule has 0 atom stereocenters. The fourth-order valence-corrected chi connectivity index (χ4v) is 1.92. The summed E-state index contributed by atoms with van der Waals surface area (Å²) >= 11 is 6.10. The molecule has 0 radical (unpaired) electrons. The van der Waals surface area contributed by atoms with Crippen molar-refractivity contribution >= 4 is 17.3 Å². The van der Waals surface area contributed by atoms with Gasteiger partial charge in [-0.1, -0.05) is 17.7 Å². The van der Waals surface area contributed by atoms with E-state index in [1.54, 1.807) is 7.11 Å². The van der Waals surface area contributed by atoms with Crippen molar-refractivity contribution in [1.82, 2.24) is 0 Å². The Morgan fingerprint density at radius 2 is 2.19 bits per heavy atom. The average Bonchev–Trinajstić information content (AvgIpc) is 2.29. The molecule has 0 aliphatic carbocycles. The number of hydrogen-bond donors (Lipinski definition) is 1. The third kappa shape index (κ3) is 3.37. The number of benzene rings is 1. The molecule has 0 aliphatic rings. The first-order valence-corrected chi connectivity index (χ1v) is 5.76. The quantitative estimate of drug-likeness (QED) is 0.778. The van der Waals surface area contributed by atoms with E-state index in [9.17, 15) is 0 Å². The summed E-state index contributed by atoms with van der Waals surface area (Å²) in [6.07, 6.45) is 0.990. The standard InChI is InChI=1S/C12H19ClN2O/c1-15(7-4-8-16-2)12-6-3-5-11(13)10(12)9-14/h3,5-6H,4,7-9,14H2,1-2H3. The monoisotopic (exact) mass is 242 g/mol. The van der Waals surface area contributed by atoms with Gasteiger partial charge in [-0.15, -0.1) is 0 Å². The van der Waals surface area contributed by atoms with Gasteiger partial charge in [-0.3, -0.25) is 0 Å². The van der Waals surface area contributed by atoms with E-state index in [1.807, 2.05) is 25.2 Å². The normalized spacial score (nSPS) is 10.5. The van der Waals surface area contributed by atoms with Gasteiger partial charge in [-0.05, 0) is 18.6 Å². The van der Waals surface area contributed by atoms with Crippen molar-refractivity contribution in [3.63, 3.8) is 0 Å². The van der Waals surface area contributed by atoms with Crippen molar-refractivity contribution in [2.75, 3.05) is 32.2 Å². The van der Waals surface area contributed by atoms with Gasteiger partial charge in [0.2, 0.25) is 0 Å². The van der Waals surface area contributed by atoms with E-state index in [-0.39, 0.29) is 0 Å². The summed E-state index contributed by atoms with van der Waals surface area (Å²) in [5.74, 6) is 0. The number of hydrogen-bond acceptors (Lipinski definition) is 3. The number of rotatable bonds is 6. The van der Waals surface area contributed by atoms with Crippen LogP contribution in [0.4, 0.5) is 5.69 Å². The predicted octanol–water partition coefficient (Wildman–Crippen LogP) is 2.27. The maximum absolute atomic E-state index is 6.10. The lowest BCUT2D eigenvalue weighted by atomic mass is 10.1. The maximum atomic E-state index is 6.10. The van der Waals surface area contributed by atoms with Gasteiger partial charge in [0, 0.05) is 50.1 Å². The summed E-state index contributed by atoms with van der Waals surface area (Å²) in [5.41, 5.74) is 7.81. The smallest absolute Gasteiger partial charge is 0.0479 e. The molecule has 0 fully saturated rings. The van der Waals surface area contributed by atoms with Gasteiger partial charge < -0.3 is 15.4 Å². The molecule has 1 rings (SSSR count). The zero-order valence-corrected chi connectivity index (χ0v) is 10.6. The number of anilines is 1. The average molecular weight is 243 g/mol. The third-order valence-electron chi connectivity index (χ3n) is 2.55. The number of nitrogens with two attached hydrogens (primary N) is 1. The van der Waals surface area contributed by atoms with Gasteiger partial charge >= 0.3 is 0 Å². The highest BCUT2D eigenvalue weighted by Crippen LogP contribution is 2.26. The zero-order chi connectivity index (χ0) is 12.0. The first-order valence-electron chi connectivity index (χ1n) is 5.38. The summed E-state index contributed by atoms with van der Waals surface area (Å²) in [4.78, 5) is 2.16. The first-order chi connectivity index (χ1) is 7.70. The molecule has 0 saturated heterocycles. The first kappa shape index (κ1) is 13.3. The molecule has 0 bridgehead atoms. The van der Waals surface area contributed by atoms with Crippen LogP contribution in [0.3, 0.4) is 0 Å². The number of methoxy groups -OCH3 is 1. The number of halogens is 1. The SMILES string of the molecule is COCCCN(C)c1cccc(Cl)c1CN. The Morgan fingerprint density at radius 1 is 1.44 bits per heavy atom. The molecule has 2 N–H and O–H groups in total. The van der Waals surface area contributed by atoms with Gasteiger partial charge in [-0.25, -0.2) is 0 Å². The van der Waals surface area contributed by atoms with Gasteiger partial charge in [0.15, 0.2) is 0 Å². The lowest BCUT2D eigenvalue weighted by Gasteiger charge is -2.22. The minimum Gasteiger partial charge on any atom is -0.385 e. The Hall–Kier alpha value is -0.770. The van der Waals surface area contributed by atoms with Crippen LogP contribution in [0.5, 0.6) is 0 Å². The fraction of sp³-hybridized carbons (Fsp3) is 0.500. The van der Waals surface area contributed by atoms with E-state index in [0.29, 0.717) is 6.54 Å². The summed E-state index contributed by atoms with van der Waals surface area (Å²) in [5, 5.41) is 0.735. The summed E-state index contributed by atoms with van der Waals surface area (Å²) in [6, 6.07) is 5.86. The molecule has 3 nitrogen and oxygen atoms in total. The Kier molecular flexibility index (Phi) is 5.60. The van der Waals surface area contributed by atoms with E-state index < -0.39 is 0 Å². The van der Waals surface area contributed by atoms with Crippen molar-refractivity contribution in [1.29, 1.82) is 0 Å². The largest absolute Gasteiger partial charge is 0.385 e. The summed E-state index contributed by atoms with van der Waals surface area (Å²) in [6.45, 7) is 2.16. The molecule has 16 heavy (non-hydrogen) atoms. The second kappa shape index (κ2) is 6.74. The lowest BCUT2D eigenvalue weighted by molar-refractivity contribution is 0.196. The third-order valence-corrected chi connectivity index (χ3v) is 2.91. The molecular formula is C12H19ClN2O. The molecule has 0 unspecified atom stereocenters. The Balaban J connectivity index is 2.74. The van der Waals surface area contributed by atoms with Gasteiger partial charge in [0.1, 0.15) is 0 Å². The highest BCUT2D eigenvalue weighted by atomic mass is 35.5. The minimum atomic E-state index is 0.462. The van der Waals surface area contributed by atoms with E-state index in [2.05, 4.69) is 4.90 Å². The highest BCUT2D eigenvalue weighted by Gasteiger charge is 2.08. The fourth-order valence-electron chi connectivity index (χ4n) is 1.67. The van der Waals surface area contributed by atoms with Crippen molar-refractivity contribution in [3.8, 4) is 0 Å². The lowest BCUT2D eigenvalue weighted by Crippen LogP contribution is -2.21. The molecule has 1 aromatic carbocycles. The molecule has 1 aromatic rings. The minimum absolute atomic E-state index is 0.462. The van der Waals surface area contributed by atoms with Gasteiger partial charge in [-0.2, -0.15) is 0 Å². The molecule has 0 saturated carbocycles. The van der Waals surface area contributed by atoms with Gasteiger partial charge in [0.05, 0.1) is 0 Å². The second-order valence-corrected chi connectivity index (χ2v) is 4.12. The van der Waals surface area contributed by atoms with Crippen LogP contribution in [0.25, 0.3) is 0 Å². The summed E-state index contributed by atoms with van der Waals surface area (Å²) in [7, 11) is 3.76. The van der Waals surface area contributed by atoms with Crippen LogP contribution in [-0.4, -0.2) is 27.3 Å². The Bertz CT molecular complexity index is 331. The Morgan fingerprint density at radius 3 is 2.81 bits per heavy atom. The second-order valence-electron chi connectivity index (χ2n) is 3.71. The number of ether oxygens (including phenoxy) is 1. The van der Waals surface area contributed by atoms with Crippen LogP contribution in [0.2, 0.25) is 5.02 Å². The van der Waals surface area contributed by atoms with Crippen LogP contribution in [0.15, 0.2) is 18.2 Å².